The second-order valence-electron chi connectivity index (χ2n) is 10.1. The van der Waals surface area contributed by atoms with Crippen LogP contribution >= 0.6 is 15.9 Å². The molecule has 10 heteroatoms. The largest absolute Gasteiger partial charge is 0.497 e. The molecule has 0 radical (unpaired) electrons. The van der Waals surface area contributed by atoms with Gasteiger partial charge < -0.3 is 10.1 Å². The van der Waals surface area contributed by atoms with Gasteiger partial charge in [0.2, 0.25) is 0 Å². The summed E-state index contributed by atoms with van der Waals surface area (Å²) >= 11 is 3.33. The molecular formula is C25H24BrF3N4O2. The number of benzene rings is 1. The molecule has 0 atom stereocenters. The Morgan fingerprint density at radius 2 is 1.71 bits per heavy atom. The van der Waals surface area contributed by atoms with Crippen molar-refractivity contribution in [2.75, 3.05) is 7.11 Å². The molecule has 184 valence electrons. The van der Waals surface area contributed by atoms with Crippen LogP contribution in [0.25, 0.3) is 16.9 Å². The highest BCUT2D eigenvalue weighted by atomic mass is 79.9. The Kier molecular flexibility index (Phi) is 5.36. The number of aromatic nitrogens is 3. The van der Waals surface area contributed by atoms with Crippen LogP contribution in [0.5, 0.6) is 5.75 Å². The van der Waals surface area contributed by atoms with Crippen molar-refractivity contribution in [1.29, 1.82) is 0 Å². The fraction of sp³-hybridized carbons (Fsp3) is 0.480. The average molecular weight is 549 g/mol. The maximum absolute atomic E-state index is 14.0. The number of nitrogens with one attached hydrogen (secondary N) is 1. The van der Waals surface area contributed by atoms with Crippen molar-refractivity contribution >= 4 is 27.5 Å². The number of halogens is 4. The highest BCUT2D eigenvalue weighted by Crippen LogP contribution is 2.53. The second-order valence-corrected chi connectivity index (χ2v) is 10.9. The van der Waals surface area contributed by atoms with Gasteiger partial charge in [0.15, 0.2) is 17.0 Å². The van der Waals surface area contributed by atoms with Crippen molar-refractivity contribution in [1.82, 2.24) is 19.9 Å². The smallest absolute Gasteiger partial charge is 0.433 e. The van der Waals surface area contributed by atoms with Gasteiger partial charge in [-0.25, -0.2) is 9.50 Å². The molecule has 3 aromatic rings. The minimum atomic E-state index is -4.69. The minimum absolute atomic E-state index is 0.0527. The summed E-state index contributed by atoms with van der Waals surface area (Å²) in [6, 6.07) is 7.60. The van der Waals surface area contributed by atoms with E-state index in [2.05, 4.69) is 31.3 Å². The minimum Gasteiger partial charge on any atom is -0.497 e. The monoisotopic (exact) mass is 548 g/mol. The molecule has 2 aromatic heterocycles. The molecule has 0 aliphatic heterocycles. The molecule has 4 saturated carbocycles. The first-order valence-corrected chi connectivity index (χ1v) is 12.6. The zero-order chi connectivity index (χ0) is 24.5. The highest BCUT2D eigenvalue weighted by Gasteiger charge is 2.49. The number of fused-ring (bicyclic) bond motifs is 1. The van der Waals surface area contributed by atoms with Crippen LogP contribution in [0.4, 0.5) is 13.2 Å². The number of amides is 1. The number of nitrogens with zero attached hydrogens (tertiary/aromatic N) is 3. The van der Waals surface area contributed by atoms with E-state index >= 15 is 0 Å². The fourth-order valence-electron chi connectivity index (χ4n) is 6.63. The molecule has 0 saturated heterocycles. The first-order valence-electron chi connectivity index (χ1n) is 11.8. The third-order valence-corrected chi connectivity index (χ3v) is 8.68. The van der Waals surface area contributed by atoms with Crippen molar-refractivity contribution in [3.8, 4) is 17.0 Å². The molecule has 0 unspecified atom stereocenters. The van der Waals surface area contributed by atoms with E-state index in [-0.39, 0.29) is 27.5 Å². The van der Waals surface area contributed by atoms with E-state index in [1.165, 1.54) is 13.5 Å². The van der Waals surface area contributed by atoms with Gasteiger partial charge in [0, 0.05) is 11.6 Å². The van der Waals surface area contributed by atoms with Crippen LogP contribution in [0.2, 0.25) is 0 Å². The summed E-state index contributed by atoms with van der Waals surface area (Å²) in [5, 5.41) is 7.21. The van der Waals surface area contributed by atoms with E-state index in [1.54, 1.807) is 24.3 Å². The second kappa shape index (κ2) is 8.21. The molecule has 6 nitrogen and oxygen atoms in total. The Labute approximate surface area is 208 Å². The molecule has 0 spiro atoms. The zero-order valence-electron chi connectivity index (χ0n) is 19.0. The number of carbonyl (C=O) groups excluding carboxylic acids is 1. The van der Waals surface area contributed by atoms with Crippen LogP contribution < -0.4 is 10.1 Å². The Hall–Kier alpha value is -2.62. The van der Waals surface area contributed by atoms with Gasteiger partial charge >= 0.3 is 6.18 Å². The number of rotatable bonds is 4. The van der Waals surface area contributed by atoms with Crippen LogP contribution in [-0.4, -0.2) is 33.7 Å². The van der Waals surface area contributed by atoms with Gasteiger partial charge in [0.25, 0.3) is 5.91 Å². The summed E-state index contributed by atoms with van der Waals surface area (Å²) < 4.78 is 48.1. The van der Waals surface area contributed by atoms with Crippen LogP contribution in [0, 0.1) is 23.7 Å². The highest BCUT2D eigenvalue weighted by molar-refractivity contribution is 9.10. The van der Waals surface area contributed by atoms with E-state index < -0.39 is 17.8 Å². The van der Waals surface area contributed by atoms with Crippen LogP contribution in [-0.2, 0) is 6.18 Å². The lowest BCUT2D eigenvalue weighted by atomic mass is 9.54. The van der Waals surface area contributed by atoms with Crippen molar-refractivity contribution < 1.29 is 22.7 Å². The topological polar surface area (TPSA) is 68.5 Å². The normalized spacial score (nSPS) is 27.4. The SMILES string of the molecule is COc1ccc(-c2cc(C(F)(F)F)n3nc(C(=O)NC4C5CC6CC(C5)CC4C6)c(Br)c3n2)cc1. The lowest BCUT2D eigenvalue weighted by Crippen LogP contribution is -2.55. The molecule has 1 N–H and O–H groups in total. The van der Waals surface area contributed by atoms with Gasteiger partial charge in [0.05, 0.1) is 17.3 Å². The van der Waals surface area contributed by atoms with Gasteiger partial charge in [-0.15, -0.1) is 0 Å². The Bertz CT molecular complexity index is 1280. The number of methoxy groups -OCH3 is 1. The lowest BCUT2D eigenvalue weighted by molar-refractivity contribution is -0.142. The third kappa shape index (κ3) is 3.90. The van der Waals surface area contributed by atoms with Crippen molar-refractivity contribution in [2.45, 2.75) is 44.3 Å². The molecule has 2 heterocycles. The molecule has 4 fully saturated rings. The van der Waals surface area contributed by atoms with E-state index in [0.717, 1.165) is 43.6 Å². The maximum atomic E-state index is 14.0. The molecule has 4 bridgehead atoms. The molecule has 1 aromatic carbocycles. The predicted octanol–water partition coefficient (Wildman–Crippen LogP) is 5.74. The van der Waals surface area contributed by atoms with Crippen molar-refractivity contribution in [3.63, 3.8) is 0 Å². The van der Waals surface area contributed by atoms with Gasteiger partial charge in [-0.05, 0) is 102 Å². The summed E-state index contributed by atoms with van der Waals surface area (Å²) in [7, 11) is 1.51. The summed E-state index contributed by atoms with van der Waals surface area (Å²) in [4.78, 5) is 17.7. The molecule has 4 aliphatic carbocycles. The van der Waals surface area contributed by atoms with Crippen molar-refractivity contribution in [3.05, 3.63) is 46.2 Å². The summed E-state index contributed by atoms with van der Waals surface area (Å²) in [6.07, 6.45) is 1.09. The first kappa shape index (κ1) is 22.8. The van der Waals surface area contributed by atoms with Gasteiger partial charge in [-0.3, -0.25) is 4.79 Å². The van der Waals surface area contributed by atoms with Gasteiger partial charge in [-0.2, -0.15) is 18.3 Å². The quantitative estimate of drug-likeness (QED) is 0.451. The fourth-order valence-corrected chi connectivity index (χ4v) is 7.14. The Balaban J connectivity index is 1.37. The first-order chi connectivity index (χ1) is 16.7. The summed E-state index contributed by atoms with van der Waals surface area (Å²) in [6.45, 7) is 0. The zero-order valence-corrected chi connectivity index (χ0v) is 20.6. The van der Waals surface area contributed by atoms with Gasteiger partial charge in [-0.1, -0.05) is 0 Å². The van der Waals surface area contributed by atoms with E-state index in [4.69, 9.17) is 4.74 Å². The average Bonchev–Trinajstić information content (AvgIpc) is 3.16. The van der Waals surface area contributed by atoms with E-state index in [0.29, 0.717) is 27.7 Å². The number of hydrogen-bond donors (Lipinski definition) is 1. The van der Waals surface area contributed by atoms with Crippen LogP contribution in [0.15, 0.2) is 34.8 Å². The standard InChI is InChI=1S/C25H24BrF3N4O2/c1-35-17-4-2-14(3-5-17)18-11-19(25(27,28)29)33-23(30-18)20(26)22(32-33)24(34)31-21-15-7-12-6-13(9-15)10-16(21)8-12/h2-5,11-13,15-16,21H,6-10H2,1H3,(H,31,34). The lowest BCUT2D eigenvalue weighted by Gasteiger charge is -2.54. The number of hydrogen-bond acceptors (Lipinski definition) is 4. The maximum Gasteiger partial charge on any atom is 0.433 e. The summed E-state index contributed by atoms with van der Waals surface area (Å²) in [5.41, 5.74) is -0.514. The van der Waals surface area contributed by atoms with E-state index in [9.17, 15) is 18.0 Å². The summed E-state index contributed by atoms with van der Waals surface area (Å²) in [5.74, 6) is 2.51. The van der Waals surface area contributed by atoms with Crippen LogP contribution in [0.3, 0.4) is 0 Å². The predicted molar refractivity (Wildman–Crippen MR) is 126 cm³/mol. The van der Waals surface area contributed by atoms with Gasteiger partial charge in [0.1, 0.15) is 5.75 Å². The number of carbonyl (C=O) groups is 1. The number of alkyl halides is 3. The van der Waals surface area contributed by atoms with E-state index in [1.807, 2.05) is 0 Å². The molecule has 1 amide bonds. The Morgan fingerprint density at radius 1 is 1.09 bits per heavy atom. The molecule has 35 heavy (non-hydrogen) atoms. The molecule has 4 aliphatic rings. The molecular weight excluding hydrogens is 525 g/mol. The third-order valence-electron chi connectivity index (χ3n) is 7.95. The molecule has 7 rings (SSSR count). The Morgan fingerprint density at radius 3 is 2.29 bits per heavy atom. The van der Waals surface area contributed by atoms with Crippen molar-refractivity contribution in [2.24, 2.45) is 23.7 Å². The number of ether oxygens (including phenoxy) is 1. The van der Waals surface area contributed by atoms with Crippen LogP contribution in [0.1, 0.15) is 48.3 Å².